The van der Waals surface area contributed by atoms with E-state index in [1.54, 1.807) is 47.9 Å². The zero-order chi connectivity index (χ0) is 21.3. The van der Waals surface area contributed by atoms with Gasteiger partial charge < -0.3 is 18.8 Å². The monoisotopic (exact) mass is 407 g/mol. The summed E-state index contributed by atoms with van der Waals surface area (Å²) < 4.78 is 25.7. The topological polar surface area (TPSA) is 81.7 Å². The van der Waals surface area contributed by atoms with Crippen LogP contribution in [0.25, 0.3) is 11.0 Å². The SMILES string of the molecule is Cc1c(O)c(=O)ccn1Cc1cc2ccc(OCc3ccc(F)cc3)cc2oc1=O. The van der Waals surface area contributed by atoms with Crippen LogP contribution in [-0.2, 0) is 13.2 Å². The molecule has 0 saturated heterocycles. The summed E-state index contributed by atoms with van der Waals surface area (Å²) in [4.78, 5) is 23.9. The van der Waals surface area contributed by atoms with Gasteiger partial charge in [-0.05, 0) is 42.8 Å². The zero-order valence-corrected chi connectivity index (χ0v) is 16.1. The molecule has 6 nitrogen and oxygen atoms in total. The molecule has 0 radical (unpaired) electrons. The van der Waals surface area contributed by atoms with E-state index in [1.807, 2.05) is 0 Å². The van der Waals surface area contributed by atoms with E-state index in [9.17, 15) is 19.1 Å². The Kier molecular flexibility index (Phi) is 5.10. The molecule has 30 heavy (non-hydrogen) atoms. The zero-order valence-electron chi connectivity index (χ0n) is 16.1. The summed E-state index contributed by atoms with van der Waals surface area (Å²) in [6, 6.07) is 14.1. The van der Waals surface area contributed by atoms with Gasteiger partial charge in [-0.15, -0.1) is 0 Å². The fourth-order valence-electron chi connectivity index (χ4n) is 3.10. The van der Waals surface area contributed by atoms with Crippen molar-refractivity contribution in [3.63, 3.8) is 0 Å². The average molecular weight is 407 g/mol. The highest BCUT2D eigenvalue weighted by molar-refractivity contribution is 5.78. The largest absolute Gasteiger partial charge is 0.503 e. The number of rotatable bonds is 5. The lowest BCUT2D eigenvalue weighted by atomic mass is 10.1. The first kappa shape index (κ1) is 19.4. The van der Waals surface area contributed by atoms with Gasteiger partial charge in [-0.3, -0.25) is 4.79 Å². The predicted octanol–water partition coefficient (Wildman–Crippen LogP) is 3.74. The Morgan fingerprint density at radius 2 is 1.83 bits per heavy atom. The van der Waals surface area contributed by atoms with Crippen molar-refractivity contribution in [2.45, 2.75) is 20.1 Å². The summed E-state index contributed by atoms with van der Waals surface area (Å²) in [6.45, 7) is 2.01. The van der Waals surface area contributed by atoms with E-state index >= 15 is 0 Å². The number of benzene rings is 2. The third kappa shape index (κ3) is 3.96. The summed E-state index contributed by atoms with van der Waals surface area (Å²) in [5.74, 6) is -0.135. The number of fused-ring (bicyclic) bond motifs is 1. The van der Waals surface area contributed by atoms with Crippen LogP contribution >= 0.6 is 0 Å². The highest BCUT2D eigenvalue weighted by Crippen LogP contribution is 2.22. The Morgan fingerprint density at radius 1 is 1.07 bits per heavy atom. The first-order valence-corrected chi connectivity index (χ1v) is 9.24. The van der Waals surface area contributed by atoms with Crippen molar-refractivity contribution < 1.29 is 18.7 Å². The first-order valence-electron chi connectivity index (χ1n) is 9.24. The van der Waals surface area contributed by atoms with E-state index in [2.05, 4.69) is 0 Å². The summed E-state index contributed by atoms with van der Waals surface area (Å²) in [5.41, 5.74) is 0.950. The second-order valence-electron chi connectivity index (χ2n) is 6.92. The second kappa shape index (κ2) is 7.87. The molecule has 0 fully saturated rings. The quantitative estimate of drug-likeness (QED) is 0.510. The Hall–Kier alpha value is -3.87. The van der Waals surface area contributed by atoms with Crippen molar-refractivity contribution in [2.75, 3.05) is 0 Å². The molecule has 0 aliphatic carbocycles. The third-order valence-corrected chi connectivity index (χ3v) is 4.85. The van der Waals surface area contributed by atoms with Crippen LogP contribution in [0.15, 0.2) is 74.8 Å². The molecule has 2 aromatic heterocycles. The molecule has 0 atom stereocenters. The van der Waals surface area contributed by atoms with Crippen molar-refractivity contribution in [2.24, 2.45) is 0 Å². The van der Waals surface area contributed by atoms with Gasteiger partial charge in [0.1, 0.15) is 23.8 Å². The third-order valence-electron chi connectivity index (χ3n) is 4.85. The summed E-state index contributed by atoms with van der Waals surface area (Å²) in [7, 11) is 0. The van der Waals surface area contributed by atoms with Crippen LogP contribution in [0.2, 0.25) is 0 Å². The Balaban J connectivity index is 1.58. The van der Waals surface area contributed by atoms with E-state index in [1.165, 1.54) is 24.4 Å². The normalized spacial score (nSPS) is 11.0. The summed E-state index contributed by atoms with van der Waals surface area (Å²) in [6.07, 6.45) is 1.52. The summed E-state index contributed by atoms with van der Waals surface area (Å²) in [5, 5.41) is 10.5. The van der Waals surface area contributed by atoms with Crippen molar-refractivity contribution in [3.05, 3.63) is 104 Å². The van der Waals surface area contributed by atoms with Gasteiger partial charge in [-0.2, -0.15) is 0 Å². The predicted molar refractivity (Wildman–Crippen MR) is 109 cm³/mol. The molecule has 0 bridgehead atoms. The highest BCUT2D eigenvalue weighted by Gasteiger charge is 2.11. The lowest BCUT2D eigenvalue weighted by Gasteiger charge is -2.11. The lowest BCUT2D eigenvalue weighted by Crippen LogP contribution is -2.15. The molecule has 0 aliphatic heterocycles. The number of aromatic hydroxyl groups is 1. The van der Waals surface area contributed by atoms with Gasteiger partial charge in [0.2, 0.25) is 5.43 Å². The number of ether oxygens (including phenoxy) is 1. The van der Waals surface area contributed by atoms with Gasteiger partial charge >= 0.3 is 5.63 Å². The van der Waals surface area contributed by atoms with Gasteiger partial charge in [-0.1, -0.05) is 12.1 Å². The Labute approximate surface area is 170 Å². The first-order chi connectivity index (χ1) is 14.4. The maximum absolute atomic E-state index is 13.0. The Morgan fingerprint density at radius 3 is 2.60 bits per heavy atom. The standard InChI is InChI=1S/C23H18FNO5/c1-14-22(27)20(26)8-9-25(14)12-17-10-16-4-7-19(11-21(16)30-23(17)28)29-13-15-2-5-18(24)6-3-15/h2-11,27H,12-13H2,1H3. The molecule has 2 aromatic carbocycles. The minimum absolute atomic E-state index is 0.154. The minimum Gasteiger partial charge on any atom is -0.503 e. The van der Waals surface area contributed by atoms with Crippen LogP contribution in [0.5, 0.6) is 11.5 Å². The van der Waals surface area contributed by atoms with Crippen LogP contribution in [0.4, 0.5) is 4.39 Å². The van der Waals surface area contributed by atoms with Crippen LogP contribution in [-0.4, -0.2) is 9.67 Å². The van der Waals surface area contributed by atoms with Crippen LogP contribution in [0, 0.1) is 12.7 Å². The van der Waals surface area contributed by atoms with Crippen molar-refractivity contribution >= 4 is 11.0 Å². The van der Waals surface area contributed by atoms with Crippen molar-refractivity contribution in [3.8, 4) is 11.5 Å². The van der Waals surface area contributed by atoms with Crippen molar-refractivity contribution in [1.82, 2.24) is 4.57 Å². The van der Waals surface area contributed by atoms with Crippen LogP contribution < -0.4 is 15.8 Å². The van der Waals surface area contributed by atoms with Crippen LogP contribution in [0.3, 0.4) is 0 Å². The van der Waals surface area contributed by atoms with Crippen LogP contribution in [0.1, 0.15) is 16.8 Å². The molecule has 4 aromatic rings. The lowest BCUT2D eigenvalue weighted by molar-refractivity contribution is 0.306. The smallest absolute Gasteiger partial charge is 0.341 e. The van der Waals surface area contributed by atoms with E-state index in [4.69, 9.17) is 9.15 Å². The molecule has 1 N–H and O–H groups in total. The molecule has 0 unspecified atom stereocenters. The maximum atomic E-state index is 13.0. The molecular weight excluding hydrogens is 389 g/mol. The van der Waals surface area contributed by atoms with Crippen molar-refractivity contribution in [1.29, 1.82) is 0 Å². The summed E-state index contributed by atoms with van der Waals surface area (Å²) >= 11 is 0. The van der Waals surface area contributed by atoms with Gasteiger partial charge in [0.15, 0.2) is 5.75 Å². The molecular formula is C23H18FNO5. The van der Waals surface area contributed by atoms with Gasteiger partial charge in [0.25, 0.3) is 0 Å². The van der Waals surface area contributed by atoms with E-state index in [0.717, 1.165) is 5.56 Å². The van der Waals surface area contributed by atoms with Gasteiger partial charge in [0.05, 0.1) is 17.8 Å². The molecule has 0 spiro atoms. The number of halogens is 1. The van der Waals surface area contributed by atoms with Gasteiger partial charge in [-0.25, -0.2) is 9.18 Å². The molecule has 152 valence electrons. The number of pyridine rings is 1. The highest BCUT2D eigenvalue weighted by atomic mass is 19.1. The Bertz CT molecular complexity index is 1340. The number of hydrogen-bond donors (Lipinski definition) is 1. The molecule has 2 heterocycles. The van der Waals surface area contributed by atoms with E-state index < -0.39 is 11.1 Å². The molecule has 0 aliphatic rings. The number of nitrogens with zero attached hydrogens (tertiary/aromatic N) is 1. The minimum atomic E-state index is -0.518. The fourth-order valence-corrected chi connectivity index (χ4v) is 3.10. The molecule has 4 rings (SSSR count). The number of hydrogen-bond acceptors (Lipinski definition) is 5. The van der Waals surface area contributed by atoms with Gasteiger partial charge in [0, 0.05) is 23.7 Å². The second-order valence-corrected chi connectivity index (χ2v) is 6.92. The average Bonchev–Trinajstić information content (AvgIpc) is 2.74. The molecule has 7 heteroatoms. The molecule has 0 amide bonds. The van der Waals surface area contributed by atoms with E-state index in [0.29, 0.717) is 28.0 Å². The van der Waals surface area contributed by atoms with E-state index in [-0.39, 0.29) is 24.7 Å². The number of aromatic nitrogens is 1. The molecule has 0 saturated carbocycles. The maximum Gasteiger partial charge on any atom is 0.341 e. The fraction of sp³-hybridized carbons (Fsp3) is 0.130.